The molecule has 112 valence electrons. The van der Waals surface area contributed by atoms with E-state index in [9.17, 15) is 4.79 Å². The van der Waals surface area contributed by atoms with Crippen molar-refractivity contribution >= 4 is 45.8 Å². The first kappa shape index (κ1) is 15.0. The Labute approximate surface area is 145 Å². The number of rotatable bonds is 4. The Morgan fingerprint density at radius 3 is 2.77 bits per heavy atom. The number of anilines is 1. The summed E-state index contributed by atoms with van der Waals surface area (Å²) in [4.78, 5) is 12.1. The molecule has 2 heterocycles. The van der Waals surface area contributed by atoms with Gasteiger partial charge in [-0.2, -0.15) is 10.2 Å². The van der Waals surface area contributed by atoms with E-state index in [2.05, 4.69) is 43.2 Å². The molecule has 6 nitrogen and oxygen atoms in total. The molecule has 3 aromatic rings. The molecule has 0 aliphatic carbocycles. The van der Waals surface area contributed by atoms with Gasteiger partial charge in [0.2, 0.25) is 0 Å². The predicted molar refractivity (Wildman–Crippen MR) is 92.0 cm³/mol. The normalized spacial score (nSPS) is 10.6. The Morgan fingerprint density at radius 1 is 1.32 bits per heavy atom. The first-order valence-corrected chi connectivity index (χ1v) is 7.84. The maximum absolute atomic E-state index is 12.1. The second kappa shape index (κ2) is 6.49. The number of nitrogens with one attached hydrogen (secondary N) is 2. The lowest BCUT2D eigenvalue weighted by Gasteiger charge is -2.02. The number of carbonyl (C=O) groups excluding carboxylic acids is 1. The molecule has 2 aromatic heterocycles. The number of aromatic amines is 1. The molecule has 3 rings (SSSR count). The van der Waals surface area contributed by atoms with Crippen LogP contribution in [0.4, 0.5) is 5.69 Å². The number of hydrogen-bond acceptors (Lipinski definition) is 3. The lowest BCUT2D eigenvalue weighted by Crippen LogP contribution is -2.13. The van der Waals surface area contributed by atoms with Gasteiger partial charge >= 0.3 is 0 Å². The number of carbonyl (C=O) groups is 1. The van der Waals surface area contributed by atoms with Crippen LogP contribution in [0.15, 0.2) is 42.9 Å². The highest BCUT2D eigenvalue weighted by Crippen LogP contribution is 2.14. The fourth-order valence-corrected chi connectivity index (χ4v) is 2.55. The van der Waals surface area contributed by atoms with Crippen LogP contribution in [0.5, 0.6) is 0 Å². The third-order valence-electron chi connectivity index (χ3n) is 2.97. The van der Waals surface area contributed by atoms with Crippen molar-refractivity contribution in [3.63, 3.8) is 0 Å². The summed E-state index contributed by atoms with van der Waals surface area (Å²) in [5.74, 6) is -0.243. The molecule has 0 unspecified atom stereocenters. The van der Waals surface area contributed by atoms with Crippen LogP contribution in [0.25, 0.3) is 0 Å². The summed E-state index contributed by atoms with van der Waals surface area (Å²) in [5, 5.41) is 14.2. The van der Waals surface area contributed by atoms with E-state index in [0.717, 1.165) is 9.13 Å². The van der Waals surface area contributed by atoms with Crippen molar-refractivity contribution < 1.29 is 4.79 Å². The molecule has 0 fully saturated rings. The minimum atomic E-state index is -0.243. The molecule has 0 aliphatic rings. The zero-order chi connectivity index (χ0) is 15.5. The van der Waals surface area contributed by atoms with Crippen molar-refractivity contribution in [1.29, 1.82) is 0 Å². The highest BCUT2D eigenvalue weighted by atomic mass is 127. The molecule has 1 aromatic carbocycles. The average Bonchev–Trinajstić information content (AvgIpc) is 3.10. The maximum Gasteiger partial charge on any atom is 0.274 e. The Balaban J connectivity index is 1.67. The molecule has 22 heavy (non-hydrogen) atoms. The lowest BCUT2D eigenvalue weighted by molar-refractivity contribution is 0.102. The molecule has 1 amide bonds. The molecular weight excluding hydrogens is 417 g/mol. The summed E-state index contributed by atoms with van der Waals surface area (Å²) in [6.45, 7) is 0.606. The van der Waals surface area contributed by atoms with Crippen LogP contribution < -0.4 is 5.32 Å². The van der Waals surface area contributed by atoms with Gasteiger partial charge in [-0.1, -0.05) is 23.7 Å². The van der Waals surface area contributed by atoms with Gasteiger partial charge in [-0.25, -0.2) is 0 Å². The van der Waals surface area contributed by atoms with E-state index < -0.39 is 0 Å². The van der Waals surface area contributed by atoms with Crippen molar-refractivity contribution in [2.24, 2.45) is 0 Å². The van der Waals surface area contributed by atoms with Crippen molar-refractivity contribution in [2.75, 3.05) is 5.32 Å². The van der Waals surface area contributed by atoms with Gasteiger partial charge in [0.25, 0.3) is 5.91 Å². The van der Waals surface area contributed by atoms with Crippen molar-refractivity contribution in [3.8, 4) is 0 Å². The summed E-state index contributed by atoms with van der Waals surface area (Å²) >= 11 is 7.91. The first-order chi connectivity index (χ1) is 10.6. The van der Waals surface area contributed by atoms with Gasteiger partial charge < -0.3 is 5.32 Å². The Morgan fingerprint density at radius 2 is 2.09 bits per heavy atom. The van der Waals surface area contributed by atoms with Crippen LogP contribution in [0.1, 0.15) is 16.1 Å². The summed E-state index contributed by atoms with van der Waals surface area (Å²) in [7, 11) is 0. The molecule has 0 saturated carbocycles. The zero-order valence-corrected chi connectivity index (χ0v) is 14.2. The minimum Gasteiger partial charge on any atom is -0.318 e. The summed E-state index contributed by atoms with van der Waals surface area (Å²) in [6.07, 6.45) is 4.98. The molecule has 0 aliphatic heterocycles. The van der Waals surface area contributed by atoms with Gasteiger partial charge in [0.15, 0.2) is 0 Å². The number of aromatic nitrogens is 4. The van der Waals surface area contributed by atoms with Crippen LogP contribution in [0.2, 0.25) is 5.02 Å². The van der Waals surface area contributed by atoms with Gasteiger partial charge in [-0.3, -0.25) is 14.6 Å². The van der Waals surface area contributed by atoms with E-state index in [4.69, 9.17) is 11.6 Å². The van der Waals surface area contributed by atoms with Crippen LogP contribution in [0.3, 0.4) is 0 Å². The first-order valence-electron chi connectivity index (χ1n) is 6.39. The van der Waals surface area contributed by atoms with Gasteiger partial charge in [-0.05, 0) is 40.3 Å². The number of hydrogen-bond donors (Lipinski definition) is 2. The Bertz CT molecular complexity index is 796. The molecule has 0 radical (unpaired) electrons. The third kappa shape index (κ3) is 3.47. The fourth-order valence-electron chi connectivity index (χ4n) is 1.92. The summed E-state index contributed by atoms with van der Waals surface area (Å²) < 4.78 is 2.51. The number of benzene rings is 1. The van der Waals surface area contributed by atoms with Crippen LogP contribution in [-0.2, 0) is 6.54 Å². The van der Waals surface area contributed by atoms with Crippen LogP contribution in [-0.4, -0.2) is 25.9 Å². The van der Waals surface area contributed by atoms with E-state index in [1.54, 1.807) is 23.3 Å². The number of H-pyrrole nitrogens is 1. The number of amides is 1. The van der Waals surface area contributed by atoms with Gasteiger partial charge in [0.05, 0.1) is 28.2 Å². The van der Waals surface area contributed by atoms with E-state index in [-0.39, 0.29) is 5.91 Å². The minimum absolute atomic E-state index is 0.243. The average molecular weight is 428 g/mol. The second-order valence-corrected chi connectivity index (χ2v) is 6.20. The van der Waals surface area contributed by atoms with E-state index in [0.29, 0.717) is 22.9 Å². The largest absolute Gasteiger partial charge is 0.318 e. The molecule has 8 heteroatoms. The van der Waals surface area contributed by atoms with E-state index in [1.807, 2.05) is 24.3 Å². The predicted octanol–water partition coefficient (Wildman–Crippen LogP) is 3.16. The molecule has 0 atom stereocenters. The molecule has 0 saturated heterocycles. The lowest BCUT2D eigenvalue weighted by atomic mass is 10.2. The molecule has 0 spiro atoms. The summed E-state index contributed by atoms with van der Waals surface area (Å²) in [5.41, 5.74) is 2.14. The van der Waals surface area contributed by atoms with Crippen LogP contribution >= 0.6 is 34.2 Å². The standard InChI is InChI=1S/C14H11ClIN5O/c15-10-3-1-9(2-4-10)7-21-8-11(5-18-21)19-14(22)13-12(16)6-17-20-13/h1-6,8H,7H2,(H,17,20)(H,19,22). The van der Waals surface area contributed by atoms with Crippen LogP contribution in [0, 0.1) is 3.57 Å². The third-order valence-corrected chi connectivity index (χ3v) is 4.04. The Hall–Kier alpha value is -1.87. The SMILES string of the molecule is O=C(Nc1cnn(Cc2ccc(Cl)cc2)c1)c1[nH]ncc1I. The maximum atomic E-state index is 12.1. The van der Waals surface area contributed by atoms with Gasteiger partial charge in [0.1, 0.15) is 5.69 Å². The number of nitrogens with zero attached hydrogens (tertiary/aromatic N) is 3. The monoisotopic (exact) mass is 427 g/mol. The molecule has 2 N–H and O–H groups in total. The number of halogens is 2. The van der Waals surface area contributed by atoms with Gasteiger partial charge in [-0.15, -0.1) is 0 Å². The van der Waals surface area contributed by atoms with Crippen molar-refractivity contribution in [3.05, 3.63) is 62.7 Å². The topological polar surface area (TPSA) is 75.6 Å². The highest BCUT2D eigenvalue weighted by Gasteiger charge is 2.13. The fraction of sp³-hybridized carbons (Fsp3) is 0.0714. The summed E-state index contributed by atoms with van der Waals surface area (Å²) in [6, 6.07) is 7.55. The zero-order valence-electron chi connectivity index (χ0n) is 11.3. The Kier molecular flexibility index (Phi) is 4.44. The van der Waals surface area contributed by atoms with E-state index in [1.165, 1.54) is 0 Å². The molecular formula is C14H11ClIN5O. The smallest absolute Gasteiger partial charge is 0.274 e. The quantitative estimate of drug-likeness (QED) is 0.628. The van der Waals surface area contributed by atoms with E-state index >= 15 is 0 Å². The highest BCUT2D eigenvalue weighted by molar-refractivity contribution is 14.1. The second-order valence-electron chi connectivity index (χ2n) is 4.60. The molecule has 0 bridgehead atoms. The van der Waals surface area contributed by atoms with Gasteiger partial charge in [0, 0.05) is 11.2 Å². The van der Waals surface area contributed by atoms with Crippen molar-refractivity contribution in [1.82, 2.24) is 20.0 Å². The van der Waals surface area contributed by atoms with Crippen molar-refractivity contribution in [2.45, 2.75) is 6.54 Å².